The Bertz CT molecular complexity index is 891. The Balaban J connectivity index is 2.02. The van der Waals surface area contributed by atoms with Gasteiger partial charge in [0.25, 0.3) is 0 Å². The molecule has 0 aliphatic heterocycles. The van der Waals surface area contributed by atoms with Crippen molar-refractivity contribution in [2.45, 2.75) is 31.6 Å². The van der Waals surface area contributed by atoms with E-state index in [-0.39, 0.29) is 18.9 Å². The van der Waals surface area contributed by atoms with Crippen molar-refractivity contribution in [1.82, 2.24) is 0 Å². The van der Waals surface area contributed by atoms with Gasteiger partial charge in [0.05, 0.1) is 17.6 Å². The molecule has 146 valence electrons. The highest BCUT2D eigenvalue weighted by Gasteiger charge is 2.18. The monoisotopic (exact) mass is 406 g/mol. The number of benzene rings is 2. The molecule has 0 saturated carbocycles. The van der Waals surface area contributed by atoms with Gasteiger partial charge in [0.15, 0.2) is 0 Å². The van der Waals surface area contributed by atoms with Crippen LogP contribution in [0.25, 0.3) is 0 Å². The lowest BCUT2D eigenvalue weighted by Crippen LogP contribution is -2.31. The van der Waals surface area contributed by atoms with Gasteiger partial charge in [0.2, 0.25) is 15.9 Å². The van der Waals surface area contributed by atoms with Crippen LogP contribution in [-0.2, 0) is 14.8 Å². The number of rotatable bonds is 8. The van der Waals surface area contributed by atoms with Gasteiger partial charge in [0.1, 0.15) is 0 Å². The highest BCUT2D eigenvalue weighted by molar-refractivity contribution is 7.98. The Kier molecular flexibility index (Phi) is 7.33. The van der Waals surface area contributed by atoms with Crippen LogP contribution in [0.2, 0.25) is 0 Å². The van der Waals surface area contributed by atoms with E-state index in [1.807, 2.05) is 62.6 Å². The molecule has 7 heteroatoms. The highest BCUT2D eigenvalue weighted by atomic mass is 32.2. The zero-order valence-electron chi connectivity index (χ0n) is 16.2. The molecule has 0 saturated heterocycles. The maximum absolute atomic E-state index is 12.3. The van der Waals surface area contributed by atoms with Crippen LogP contribution < -0.4 is 9.62 Å². The van der Waals surface area contributed by atoms with Gasteiger partial charge in [-0.15, -0.1) is 11.8 Å². The summed E-state index contributed by atoms with van der Waals surface area (Å²) in [6.07, 6.45) is 3.84. The largest absolute Gasteiger partial charge is 0.325 e. The smallest absolute Gasteiger partial charge is 0.232 e. The number of hydrogen-bond donors (Lipinski definition) is 1. The number of anilines is 2. The first kappa shape index (κ1) is 21.3. The number of carbonyl (C=O) groups excluding carboxylic acids is 1. The van der Waals surface area contributed by atoms with Crippen molar-refractivity contribution in [2.24, 2.45) is 0 Å². The first-order chi connectivity index (χ1) is 12.7. The van der Waals surface area contributed by atoms with Gasteiger partial charge in [-0.2, -0.15) is 0 Å². The van der Waals surface area contributed by atoms with E-state index in [1.54, 1.807) is 11.8 Å². The summed E-state index contributed by atoms with van der Waals surface area (Å²) in [5.74, 6) is -0.120. The number of para-hydroxylation sites is 1. The maximum atomic E-state index is 12.3. The van der Waals surface area contributed by atoms with E-state index >= 15 is 0 Å². The van der Waals surface area contributed by atoms with Gasteiger partial charge in [-0.25, -0.2) is 8.42 Å². The van der Waals surface area contributed by atoms with Crippen molar-refractivity contribution in [3.05, 3.63) is 53.6 Å². The lowest BCUT2D eigenvalue weighted by Gasteiger charge is -2.23. The van der Waals surface area contributed by atoms with Crippen molar-refractivity contribution < 1.29 is 13.2 Å². The summed E-state index contributed by atoms with van der Waals surface area (Å²) in [4.78, 5) is 13.3. The Labute approximate surface area is 166 Å². The minimum atomic E-state index is -3.42. The molecule has 0 heterocycles. The summed E-state index contributed by atoms with van der Waals surface area (Å²) in [5, 5.41) is 2.90. The van der Waals surface area contributed by atoms with Crippen LogP contribution in [-0.4, -0.2) is 33.4 Å². The van der Waals surface area contributed by atoms with Gasteiger partial charge in [-0.1, -0.05) is 18.2 Å². The van der Waals surface area contributed by atoms with Crippen LogP contribution in [0.15, 0.2) is 47.4 Å². The Morgan fingerprint density at radius 3 is 2.33 bits per heavy atom. The van der Waals surface area contributed by atoms with Crippen molar-refractivity contribution in [3.63, 3.8) is 0 Å². The van der Waals surface area contributed by atoms with E-state index < -0.39 is 10.0 Å². The molecule has 0 aliphatic rings. The number of amides is 1. The molecule has 0 fully saturated rings. The van der Waals surface area contributed by atoms with Gasteiger partial charge >= 0.3 is 0 Å². The lowest BCUT2D eigenvalue weighted by atomic mass is 10.1. The molecule has 2 rings (SSSR count). The molecule has 2 aromatic carbocycles. The summed E-state index contributed by atoms with van der Waals surface area (Å²) in [6, 6.07) is 13.3. The number of nitrogens with one attached hydrogen (secondary N) is 1. The molecule has 0 atom stereocenters. The third kappa shape index (κ3) is 6.29. The van der Waals surface area contributed by atoms with Gasteiger partial charge in [-0.3, -0.25) is 9.10 Å². The molecule has 1 N–H and O–H groups in total. The molecule has 0 spiro atoms. The molecule has 5 nitrogen and oxygen atoms in total. The fraction of sp³-hybridized carbons (Fsp3) is 0.350. The summed E-state index contributed by atoms with van der Waals surface area (Å²) in [6.45, 7) is 4.14. The summed E-state index contributed by atoms with van der Waals surface area (Å²) in [5.41, 5.74) is 3.43. The first-order valence-corrected chi connectivity index (χ1v) is 11.8. The van der Waals surface area contributed by atoms with Crippen LogP contribution >= 0.6 is 11.8 Å². The van der Waals surface area contributed by atoms with E-state index in [2.05, 4.69) is 5.32 Å². The standard InChI is InChI=1S/C20H26N2O3S2/c1-15-12-16(2)14-17(13-15)22(27(4,24)25)11-7-10-20(23)21-18-8-5-6-9-19(18)26-3/h5-6,8-9,12-14H,7,10-11H2,1-4H3,(H,21,23). The normalized spacial score (nSPS) is 11.3. The highest BCUT2D eigenvalue weighted by Crippen LogP contribution is 2.25. The second-order valence-corrected chi connectivity index (χ2v) is 9.29. The predicted molar refractivity (Wildman–Crippen MR) is 114 cm³/mol. The second-order valence-electron chi connectivity index (χ2n) is 6.53. The van der Waals surface area contributed by atoms with Crippen LogP contribution in [0, 0.1) is 13.8 Å². The number of carbonyl (C=O) groups is 1. The number of nitrogens with zero attached hydrogens (tertiary/aromatic N) is 1. The number of hydrogen-bond acceptors (Lipinski definition) is 4. The van der Waals surface area contributed by atoms with E-state index in [0.717, 1.165) is 21.7 Å². The van der Waals surface area contributed by atoms with Crippen LogP contribution in [0.3, 0.4) is 0 Å². The predicted octanol–water partition coefficient (Wildman–Crippen LogP) is 4.21. The molecule has 0 radical (unpaired) electrons. The summed E-state index contributed by atoms with van der Waals surface area (Å²) < 4.78 is 25.8. The molecule has 0 aliphatic carbocycles. The average Bonchev–Trinajstić information content (AvgIpc) is 2.57. The van der Waals surface area contributed by atoms with E-state index in [4.69, 9.17) is 0 Å². The van der Waals surface area contributed by atoms with E-state index in [9.17, 15) is 13.2 Å². The Hall–Kier alpha value is -1.99. The van der Waals surface area contributed by atoms with Crippen LogP contribution in [0.5, 0.6) is 0 Å². The van der Waals surface area contributed by atoms with Gasteiger partial charge in [-0.05, 0) is 61.9 Å². The van der Waals surface area contributed by atoms with Crippen LogP contribution in [0.4, 0.5) is 11.4 Å². The minimum Gasteiger partial charge on any atom is -0.325 e. The second kappa shape index (κ2) is 9.28. The average molecular weight is 407 g/mol. The molecule has 1 amide bonds. The number of aryl methyl sites for hydroxylation is 2. The quantitative estimate of drug-likeness (QED) is 0.667. The number of thioether (sulfide) groups is 1. The Morgan fingerprint density at radius 2 is 1.74 bits per heavy atom. The SMILES string of the molecule is CSc1ccccc1NC(=O)CCCN(c1cc(C)cc(C)c1)S(C)(=O)=O. The van der Waals surface area contributed by atoms with Crippen LogP contribution in [0.1, 0.15) is 24.0 Å². The van der Waals surface area contributed by atoms with Gasteiger partial charge in [0, 0.05) is 17.9 Å². The molecule has 0 bridgehead atoms. The topological polar surface area (TPSA) is 66.5 Å². The Morgan fingerprint density at radius 1 is 1.11 bits per heavy atom. The van der Waals surface area contributed by atoms with Crippen molar-refractivity contribution in [1.29, 1.82) is 0 Å². The summed E-state index contributed by atoms with van der Waals surface area (Å²) >= 11 is 1.57. The molecule has 0 aromatic heterocycles. The molecule has 27 heavy (non-hydrogen) atoms. The first-order valence-electron chi connectivity index (χ1n) is 8.69. The van der Waals surface area contributed by atoms with Crippen molar-refractivity contribution in [3.8, 4) is 0 Å². The lowest BCUT2D eigenvalue weighted by molar-refractivity contribution is -0.116. The minimum absolute atomic E-state index is 0.120. The summed E-state index contributed by atoms with van der Waals surface area (Å²) in [7, 11) is -3.42. The third-order valence-electron chi connectivity index (χ3n) is 4.04. The van der Waals surface area contributed by atoms with Crippen molar-refractivity contribution >= 4 is 39.1 Å². The number of sulfonamides is 1. The zero-order valence-corrected chi connectivity index (χ0v) is 17.8. The van der Waals surface area contributed by atoms with Crippen molar-refractivity contribution in [2.75, 3.05) is 28.7 Å². The fourth-order valence-corrected chi connectivity index (χ4v) is 4.43. The zero-order chi connectivity index (χ0) is 20.0. The van der Waals surface area contributed by atoms with E-state index in [1.165, 1.54) is 10.6 Å². The third-order valence-corrected chi connectivity index (χ3v) is 6.03. The maximum Gasteiger partial charge on any atom is 0.232 e. The molecular weight excluding hydrogens is 380 g/mol. The van der Waals surface area contributed by atoms with Gasteiger partial charge < -0.3 is 5.32 Å². The molecular formula is C20H26N2O3S2. The fourth-order valence-electron chi connectivity index (χ4n) is 2.92. The van der Waals surface area contributed by atoms with E-state index in [0.29, 0.717) is 12.1 Å². The molecule has 2 aromatic rings. The molecule has 0 unspecified atom stereocenters.